The minimum Gasteiger partial charge on any atom is -0.350 e. The molecule has 0 fully saturated rings. The van der Waals surface area contributed by atoms with E-state index in [2.05, 4.69) is 58.1 Å². The fourth-order valence-corrected chi connectivity index (χ4v) is 3.99. The first kappa shape index (κ1) is 24.2. The third kappa shape index (κ3) is 6.09. The first-order valence-corrected chi connectivity index (χ1v) is 11.2. The molecule has 32 heavy (non-hydrogen) atoms. The van der Waals surface area contributed by atoms with Crippen molar-refractivity contribution < 1.29 is 0 Å². The topological polar surface area (TPSA) is 67.1 Å². The molecule has 1 aliphatic carbocycles. The first-order chi connectivity index (χ1) is 15.1. The molecule has 0 saturated heterocycles. The molecule has 0 radical (unpaired) electrons. The molecule has 0 amide bonds. The Morgan fingerprint density at radius 3 is 2.53 bits per heavy atom. The smallest absolute Gasteiger partial charge is 0.192 e. The molecule has 2 N–H and O–H groups in total. The maximum absolute atomic E-state index is 4.84. The van der Waals surface area contributed by atoms with Gasteiger partial charge < -0.3 is 15.2 Å². The lowest BCUT2D eigenvalue weighted by molar-refractivity contribution is 0.655. The van der Waals surface area contributed by atoms with Gasteiger partial charge in [-0.2, -0.15) is 0 Å². The summed E-state index contributed by atoms with van der Waals surface area (Å²) in [6, 6.07) is 17.4. The predicted octanol–water partition coefficient (Wildman–Crippen LogP) is 4.62. The number of fused-ring (bicyclic) bond motifs is 1. The number of aryl methyl sites for hydroxylation is 3. The number of nitrogens with zero attached hydrogens (tertiary/aromatic N) is 4. The van der Waals surface area contributed by atoms with Gasteiger partial charge in [0.2, 0.25) is 0 Å². The van der Waals surface area contributed by atoms with Crippen LogP contribution in [0.1, 0.15) is 59.7 Å². The van der Waals surface area contributed by atoms with Crippen LogP contribution in [0.15, 0.2) is 53.5 Å². The van der Waals surface area contributed by atoms with E-state index in [-0.39, 0.29) is 30.0 Å². The van der Waals surface area contributed by atoms with Gasteiger partial charge in [0.05, 0.1) is 19.1 Å². The van der Waals surface area contributed by atoms with E-state index in [0.29, 0.717) is 13.1 Å². The lowest BCUT2D eigenvalue weighted by Crippen LogP contribution is -2.39. The van der Waals surface area contributed by atoms with Crippen LogP contribution in [-0.4, -0.2) is 20.7 Å². The molecule has 0 spiro atoms. The van der Waals surface area contributed by atoms with Crippen LogP contribution in [0.2, 0.25) is 0 Å². The van der Waals surface area contributed by atoms with E-state index in [1.165, 1.54) is 47.9 Å². The predicted molar refractivity (Wildman–Crippen MR) is 140 cm³/mol. The SMILES string of the molecule is Cc1nnc(CNC(=NCc2ccccc2)NC(C)c2ccc3c(c2)CCCC3)n1C.I. The zero-order valence-electron chi connectivity index (χ0n) is 19.1. The molecule has 3 aromatic rings. The van der Waals surface area contributed by atoms with Gasteiger partial charge >= 0.3 is 0 Å². The summed E-state index contributed by atoms with van der Waals surface area (Å²) >= 11 is 0. The van der Waals surface area contributed by atoms with Crippen molar-refractivity contribution in [1.29, 1.82) is 0 Å². The second kappa shape index (κ2) is 11.4. The number of hydrogen-bond acceptors (Lipinski definition) is 3. The molecule has 0 saturated carbocycles. The van der Waals surface area contributed by atoms with Crippen LogP contribution in [0.5, 0.6) is 0 Å². The number of halogens is 1. The maximum atomic E-state index is 4.84. The lowest BCUT2D eigenvalue weighted by Gasteiger charge is -2.22. The normalized spacial score (nSPS) is 14.3. The maximum Gasteiger partial charge on any atom is 0.192 e. The fourth-order valence-electron chi connectivity index (χ4n) is 3.99. The number of nitrogens with one attached hydrogen (secondary N) is 2. The third-order valence-corrected chi connectivity index (χ3v) is 6.09. The van der Waals surface area contributed by atoms with Crippen LogP contribution in [-0.2, 0) is 33.0 Å². The van der Waals surface area contributed by atoms with Crippen molar-refractivity contribution in [1.82, 2.24) is 25.4 Å². The lowest BCUT2D eigenvalue weighted by atomic mass is 9.89. The Kier molecular flexibility index (Phi) is 8.67. The number of guanidine groups is 1. The van der Waals surface area contributed by atoms with Gasteiger partial charge in [0.15, 0.2) is 11.8 Å². The summed E-state index contributed by atoms with van der Waals surface area (Å²) in [5, 5.41) is 15.4. The molecule has 2 aromatic carbocycles. The van der Waals surface area contributed by atoms with Gasteiger partial charge in [-0.05, 0) is 61.8 Å². The van der Waals surface area contributed by atoms with Gasteiger partial charge in [-0.15, -0.1) is 34.2 Å². The fraction of sp³-hybridized carbons (Fsp3) is 0.400. The Balaban J connectivity index is 0.00000289. The molecular weight excluding hydrogens is 511 g/mol. The highest BCUT2D eigenvalue weighted by Crippen LogP contribution is 2.24. The van der Waals surface area contributed by atoms with E-state index in [1.807, 2.05) is 36.7 Å². The number of hydrogen-bond donors (Lipinski definition) is 2. The van der Waals surface area contributed by atoms with E-state index in [9.17, 15) is 0 Å². The highest BCUT2D eigenvalue weighted by atomic mass is 127. The van der Waals surface area contributed by atoms with Gasteiger partial charge in [0, 0.05) is 7.05 Å². The molecule has 170 valence electrons. The molecule has 1 atom stereocenters. The van der Waals surface area contributed by atoms with Crippen LogP contribution in [0.3, 0.4) is 0 Å². The van der Waals surface area contributed by atoms with Gasteiger partial charge in [-0.3, -0.25) is 0 Å². The molecule has 4 rings (SSSR count). The Labute approximate surface area is 208 Å². The summed E-state index contributed by atoms with van der Waals surface area (Å²) in [6.45, 7) is 5.33. The second-order valence-corrected chi connectivity index (χ2v) is 8.33. The van der Waals surface area contributed by atoms with Crippen molar-refractivity contribution in [3.63, 3.8) is 0 Å². The quantitative estimate of drug-likeness (QED) is 0.270. The summed E-state index contributed by atoms with van der Waals surface area (Å²) in [4.78, 5) is 4.84. The van der Waals surface area contributed by atoms with Gasteiger partial charge in [0.25, 0.3) is 0 Å². The van der Waals surface area contributed by atoms with Crippen LogP contribution in [0.25, 0.3) is 0 Å². The van der Waals surface area contributed by atoms with Crippen molar-refractivity contribution in [2.24, 2.45) is 12.0 Å². The zero-order chi connectivity index (χ0) is 21.6. The van der Waals surface area contributed by atoms with Gasteiger partial charge in [-0.25, -0.2) is 4.99 Å². The Hall–Kier alpha value is -2.42. The van der Waals surface area contributed by atoms with Crippen molar-refractivity contribution in [3.8, 4) is 0 Å². The number of rotatable bonds is 6. The molecule has 0 bridgehead atoms. The van der Waals surface area contributed by atoms with E-state index >= 15 is 0 Å². The van der Waals surface area contributed by atoms with Crippen LogP contribution in [0.4, 0.5) is 0 Å². The molecule has 0 aliphatic heterocycles. The van der Waals surface area contributed by atoms with Crippen LogP contribution < -0.4 is 10.6 Å². The van der Waals surface area contributed by atoms with Crippen molar-refractivity contribution in [3.05, 3.63) is 82.4 Å². The van der Waals surface area contributed by atoms with E-state index in [0.717, 1.165) is 17.6 Å². The summed E-state index contributed by atoms with van der Waals surface area (Å²) in [7, 11) is 1.98. The average Bonchev–Trinajstić information content (AvgIpc) is 3.13. The van der Waals surface area contributed by atoms with E-state index in [4.69, 9.17) is 4.99 Å². The molecule has 7 heteroatoms. The van der Waals surface area contributed by atoms with Crippen molar-refractivity contribution in [2.45, 2.75) is 58.7 Å². The largest absolute Gasteiger partial charge is 0.350 e. The van der Waals surface area contributed by atoms with Gasteiger partial charge in [0.1, 0.15) is 5.82 Å². The Bertz CT molecular complexity index is 1040. The summed E-state index contributed by atoms with van der Waals surface area (Å²) in [5.41, 5.74) is 5.49. The van der Waals surface area contributed by atoms with Gasteiger partial charge in [-0.1, -0.05) is 48.5 Å². The molecule has 1 aromatic heterocycles. The standard InChI is InChI=1S/C25H32N6.HI/c1-18(22-14-13-21-11-7-8-12-23(21)15-22)28-25(26-16-20-9-5-4-6-10-20)27-17-24-30-29-19(2)31(24)3;/h4-6,9-10,13-15,18H,7-8,11-12,16-17H2,1-3H3,(H2,26,27,28);1H. The van der Waals surface area contributed by atoms with E-state index in [1.54, 1.807) is 0 Å². The Morgan fingerprint density at radius 1 is 1.06 bits per heavy atom. The number of aromatic nitrogens is 3. The highest BCUT2D eigenvalue weighted by Gasteiger charge is 2.14. The second-order valence-electron chi connectivity index (χ2n) is 8.33. The zero-order valence-corrected chi connectivity index (χ0v) is 21.5. The molecular formula is C25H33IN6. The number of aliphatic imine (C=N–C) groups is 1. The minimum absolute atomic E-state index is 0. The van der Waals surface area contributed by atoms with E-state index < -0.39 is 0 Å². The summed E-state index contributed by atoms with van der Waals surface area (Å²) in [5.74, 6) is 2.55. The molecule has 1 unspecified atom stereocenters. The van der Waals surface area contributed by atoms with Crippen molar-refractivity contribution >= 4 is 29.9 Å². The monoisotopic (exact) mass is 544 g/mol. The van der Waals surface area contributed by atoms with Crippen LogP contribution in [0, 0.1) is 6.92 Å². The molecule has 1 heterocycles. The molecule has 1 aliphatic rings. The first-order valence-electron chi connectivity index (χ1n) is 11.2. The molecule has 6 nitrogen and oxygen atoms in total. The summed E-state index contributed by atoms with van der Waals surface area (Å²) in [6.07, 6.45) is 5.00. The van der Waals surface area contributed by atoms with Crippen LogP contribution >= 0.6 is 24.0 Å². The number of benzene rings is 2. The van der Waals surface area contributed by atoms with Crippen molar-refractivity contribution in [2.75, 3.05) is 0 Å². The Morgan fingerprint density at radius 2 is 1.81 bits per heavy atom. The average molecular weight is 544 g/mol. The summed E-state index contributed by atoms with van der Waals surface area (Å²) < 4.78 is 1.99. The highest BCUT2D eigenvalue weighted by molar-refractivity contribution is 14.0. The third-order valence-electron chi connectivity index (χ3n) is 6.09. The minimum atomic E-state index is 0.